The van der Waals surface area contributed by atoms with Crippen molar-refractivity contribution < 1.29 is 13.6 Å². The van der Waals surface area contributed by atoms with Crippen molar-refractivity contribution in [2.45, 2.75) is 19.9 Å². The van der Waals surface area contributed by atoms with Crippen molar-refractivity contribution in [2.24, 2.45) is 0 Å². The molecule has 3 aromatic rings. The lowest BCUT2D eigenvalue weighted by molar-refractivity contribution is -0.132. The van der Waals surface area contributed by atoms with Gasteiger partial charge in [0.2, 0.25) is 5.91 Å². The summed E-state index contributed by atoms with van der Waals surface area (Å²) in [5.41, 5.74) is 0.807. The Morgan fingerprint density at radius 3 is 2.77 bits per heavy atom. The number of nitrogens with zero attached hydrogens (tertiary/aromatic N) is 3. The number of thiazole rings is 1. The normalized spacial score (nSPS) is 15.5. The second-order valence-corrected chi connectivity index (χ2v) is 7.33. The zero-order valence-corrected chi connectivity index (χ0v) is 15.5. The maximum Gasteiger partial charge on any atom is 0.228 e. The van der Waals surface area contributed by atoms with Crippen LogP contribution in [-0.2, 0) is 17.8 Å². The smallest absolute Gasteiger partial charge is 0.228 e. The van der Waals surface area contributed by atoms with Crippen LogP contribution in [0.25, 0.3) is 10.8 Å². The third kappa shape index (κ3) is 3.89. The molecule has 1 fully saturated rings. The Bertz CT molecular complexity index is 860. The Balaban J connectivity index is 1.30. The highest BCUT2D eigenvalue weighted by atomic mass is 32.1. The molecule has 0 spiro atoms. The van der Waals surface area contributed by atoms with Gasteiger partial charge in [-0.05, 0) is 31.2 Å². The molecule has 26 heavy (non-hydrogen) atoms. The Morgan fingerprint density at radius 2 is 2.08 bits per heavy atom. The second-order valence-electron chi connectivity index (χ2n) is 6.47. The van der Waals surface area contributed by atoms with Gasteiger partial charge in [-0.15, -0.1) is 11.3 Å². The van der Waals surface area contributed by atoms with Gasteiger partial charge in [0.05, 0.1) is 24.9 Å². The van der Waals surface area contributed by atoms with Gasteiger partial charge >= 0.3 is 0 Å². The van der Waals surface area contributed by atoms with Crippen LogP contribution in [0.1, 0.15) is 17.2 Å². The maximum absolute atomic E-state index is 12.6. The van der Waals surface area contributed by atoms with Crippen LogP contribution in [0.2, 0.25) is 0 Å². The average molecular weight is 371 g/mol. The Labute approximate surface area is 156 Å². The first-order chi connectivity index (χ1) is 12.7. The summed E-state index contributed by atoms with van der Waals surface area (Å²) in [6.45, 7) is 5.92. The van der Waals surface area contributed by atoms with Crippen LogP contribution in [0, 0.1) is 6.92 Å². The number of carbonyl (C=O) groups excluding carboxylic acids is 1. The third-order valence-electron chi connectivity index (χ3n) is 4.52. The van der Waals surface area contributed by atoms with E-state index < -0.39 is 0 Å². The minimum atomic E-state index is 0.134. The van der Waals surface area contributed by atoms with Crippen molar-refractivity contribution in [3.8, 4) is 10.8 Å². The number of furan rings is 2. The highest BCUT2D eigenvalue weighted by molar-refractivity contribution is 7.13. The Morgan fingerprint density at radius 1 is 1.23 bits per heavy atom. The van der Waals surface area contributed by atoms with Crippen molar-refractivity contribution in [3.63, 3.8) is 0 Å². The zero-order valence-electron chi connectivity index (χ0n) is 14.7. The van der Waals surface area contributed by atoms with Crippen LogP contribution in [0.15, 0.2) is 44.7 Å². The molecular formula is C19H21N3O3S. The van der Waals surface area contributed by atoms with Crippen molar-refractivity contribution in [1.29, 1.82) is 0 Å². The van der Waals surface area contributed by atoms with Crippen LogP contribution in [0.4, 0.5) is 0 Å². The second kappa shape index (κ2) is 7.47. The molecule has 1 amide bonds. The van der Waals surface area contributed by atoms with Gasteiger partial charge in [-0.3, -0.25) is 9.69 Å². The molecule has 0 unspecified atom stereocenters. The van der Waals surface area contributed by atoms with Gasteiger partial charge in [0.25, 0.3) is 0 Å². The topological polar surface area (TPSA) is 62.7 Å². The van der Waals surface area contributed by atoms with E-state index in [0.29, 0.717) is 6.42 Å². The van der Waals surface area contributed by atoms with Gasteiger partial charge in [-0.25, -0.2) is 4.98 Å². The standard InChI is InChI=1S/C19H21N3O3S/c1-14-4-5-17(25-14)19-20-15(13-26-19)11-18(23)22-8-6-21(7-9-22)12-16-3-2-10-24-16/h2-5,10,13H,6-9,11-12H2,1H3. The Kier molecular flexibility index (Phi) is 4.90. The average Bonchev–Trinajstić information content (AvgIpc) is 3.38. The van der Waals surface area contributed by atoms with Crippen molar-refractivity contribution in [1.82, 2.24) is 14.8 Å². The summed E-state index contributed by atoms with van der Waals surface area (Å²) >= 11 is 1.51. The minimum Gasteiger partial charge on any atom is -0.468 e. The number of rotatable bonds is 5. The monoisotopic (exact) mass is 371 g/mol. The van der Waals surface area contributed by atoms with Crippen LogP contribution >= 0.6 is 11.3 Å². The first kappa shape index (κ1) is 17.1. The summed E-state index contributed by atoms with van der Waals surface area (Å²) < 4.78 is 11.0. The molecule has 3 aromatic heterocycles. The van der Waals surface area contributed by atoms with Crippen LogP contribution < -0.4 is 0 Å². The lowest BCUT2D eigenvalue weighted by Crippen LogP contribution is -2.48. The van der Waals surface area contributed by atoms with Gasteiger partial charge < -0.3 is 13.7 Å². The molecule has 0 aliphatic carbocycles. The van der Waals surface area contributed by atoms with Crippen molar-refractivity contribution in [2.75, 3.05) is 26.2 Å². The fraction of sp³-hybridized carbons (Fsp3) is 0.368. The highest BCUT2D eigenvalue weighted by Gasteiger charge is 2.22. The predicted octanol–water partition coefficient (Wildman–Crippen LogP) is 3.19. The van der Waals surface area contributed by atoms with Gasteiger partial charge in [-0.1, -0.05) is 0 Å². The fourth-order valence-corrected chi connectivity index (χ4v) is 3.88. The summed E-state index contributed by atoms with van der Waals surface area (Å²) in [5.74, 6) is 2.72. The highest BCUT2D eigenvalue weighted by Crippen LogP contribution is 2.26. The number of aryl methyl sites for hydroxylation is 1. The number of amides is 1. The number of aromatic nitrogens is 1. The largest absolute Gasteiger partial charge is 0.468 e. The van der Waals surface area contributed by atoms with Crippen LogP contribution in [0.3, 0.4) is 0 Å². The van der Waals surface area contributed by atoms with Gasteiger partial charge in [0.1, 0.15) is 11.5 Å². The lowest BCUT2D eigenvalue weighted by Gasteiger charge is -2.34. The van der Waals surface area contributed by atoms with Crippen molar-refractivity contribution >= 4 is 17.2 Å². The van der Waals surface area contributed by atoms with E-state index >= 15 is 0 Å². The summed E-state index contributed by atoms with van der Waals surface area (Å²) in [6, 6.07) is 7.72. The molecule has 4 heterocycles. The number of hydrogen-bond donors (Lipinski definition) is 0. The zero-order chi connectivity index (χ0) is 17.9. The van der Waals surface area contributed by atoms with E-state index in [4.69, 9.17) is 8.83 Å². The molecule has 7 heteroatoms. The minimum absolute atomic E-state index is 0.134. The quantitative estimate of drug-likeness (QED) is 0.689. The van der Waals surface area contributed by atoms with E-state index in [1.54, 1.807) is 6.26 Å². The molecule has 1 aliphatic heterocycles. The van der Waals surface area contributed by atoms with Crippen molar-refractivity contribution in [3.05, 3.63) is 53.1 Å². The summed E-state index contributed by atoms with van der Waals surface area (Å²) in [6.07, 6.45) is 2.04. The molecule has 136 valence electrons. The first-order valence-electron chi connectivity index (χ1n) is 8.71. The molecule has 4 rings (SSSR count). The molecular weight excluding hydrogens is 350 g/mol. The summed E-state index contributed by atoms with van der Waals surface area (Å²) in [7, 11) is 0. The summed E-state index contributed by atoms with van der Waals surface area (Å²) in [5, 5.41) is 2.77. The van der Waals surface area contributed by atoms with Crippen LogP contribution in [0.5, 0.6) is 0 Å². The SMILES string of the molecule is Cc1ccc(-c2nc(CC(=O)N3CCN(Cc4ccco4)CC3)cs2)o1. The van der Waals surface area contributed by atoms with Gasteiger partial charge in [0.15, 0.2) is 10.8 Å². The first-order valence-corrected chi connectivity index (χ1v) is 9.59. The number of carbonyl (C=O) groups is 1. The molecule has 0 radical (unpaired) electrons. The lowest BCUT2D eigenvalue weighted by atomic mass is 10.2. The molecule has 6 nitrogen and oxygen atoms in total. The molecule has 0 aromatic carbocycles. The van der Waals surface area contributed by atoms with Gasteiger partial charge in [0, 0.05) is 31.6 Å². The molecule has 1 aliphatic rings. The Hall–Kier alpha value is -2.38. The van der Waals surface area contributed by atoms with Gasteiger partial charge in [-0.2, -0.15) is 0 Å². The van der Waals surface area contributed by atoms with E-state index in [9.17, 15) is 4.79 Å². The molecule has 0 bridgehead atoms. The van der Waals surface area contributed by atoms with Crippen LogP contribution in [-0.4, -0.2) is 46.9 Å². The molecule has 0 atom stereocenters. The predicted molar refractivity (Wildman–Crippen MR) is 98.8 cm³/mol. The maximum atomic E-state index is 12.6. The van der Waals surface area contributed by atoms with E-state index in [1.165, 1.54) is 11.3 Å². The molecule has 0 N–H and O–H groups in total. The van der Waals surface area contributed by atoms with E-state index in [0.717, 1.165) is 60.7 Å². The number of piperazine rings is 1. The third-order valence-corrected chi connectivity index (χ3v) is 5.43. The van der Waals surface area contributed by atoms with E-state index in [-0.39, 0.29) is 5.91 Å². The molecule has 0 saturated carbocycles. The summed E-state index contributed by atoms with van der Waals surface area (Å²) in [4.78, 5) is 21.4. The van der Waals surface area contributed by atoms with E-state index in [2.05, 4.69) is 9.88 Å². The number of hydrogen-bond acceptors (Lipinski definition) is 6. The van der Waals surface area contributed by atoms with E-state index in [1.807, 2.05) is 41.5 Å². The fourth-order valence-electron chi connectivity index (χ4n) is 3.10. The molecule has 1 saturated heterocycles.